The van der Waals surface area contributed by atoms with Gasteiger partial charge in [0.2, 0.25) is 0 Å². The average Bonchev–Trinajstić information content (AvgIpc) is 3.12. The molecule has 0 atom stereocenters. The molecule has 0 aromatic rings. The van der Waals surface area contributed by atoms with E-state index in [9.17, 15) is 9.59 Å². The molecule has 102 valence electrons. The normalized spacial score (nSPS) is 22.4. The molecular formula is C12H18O4S2. The Balaban J connectivity index is 1.62. The summed E-state index contributed by atoms with van der Waals surface area (Å²) in [5.41, 5.74) is 0.0695. The van der Waals surface area contributed by atoms with Gasteiger partial charge in [-0.15, -0.1) is 0 Å². The van der Waals surface area contributed by atoms with Crippen molar-refractivity contribution < 1.29 is 19.8 Å². The molecule has 0 bridgehead atoms. The first-order valence-electron chi connectivity index (χ1n) is 6.14. The topological polar surface area (TPSA) is 74.6 Å². The molecule has 2 aliphatic carbocycles. The van der Waals surface area contributed by atoms with Gasteiger partial charge in [0, 0.05) is 11.5 Å². The quantitative estimate of drug-likeness (QED) is 0.502. The maximum absolute atomic E-state index is 10.7. The van der Waals surface area contributed by atoms with Crippen LogP contribution in [0.1, 0.15) is 38.5 Å². The van der Waals surface area contributed by atoms with E-state index in [0.29, 0.717) is 0 Å². The number of hydrogen-bond donors (Lipinski definition) is 2. The van der Waals surface area contributed by atoms with Gasteiger partial charge in [0.15, 0.2) is 0 Å². The molecule has 0 unspecified atom stereocenters. The Morgan fingerprint density at radius 1 is 0.833 bits per heavy atom. The zero-order chi connectivity index (χ0) is 13.2. The lowest BCUT2D eigenvalue weighted by Gasteiger charge is -2.14. The summed E-state index contributed by atoms with van der Waals surface area (Å²) in [6, 6.07) is 0. The SMILES string of the molecule is O=C(O)CC1(CSSCC2(CC(=O)O)CC2)CC1. The van der Waals surface area contributed by atoms with Crippen LogP contribution in [0.4, 0.5) is 0 Å². The van der Waals surface area contributed by atoms with Crippen LogP contribution in [0.2, 0.25) is 0 Å². The lowest BCUT2D eigenvalue weighted by atomic mass is 10.1. The lowest BCUT2D eigenvalue weighted by Crippen LogP contribution is -2.12. The molecule has 6 heteroatoms. The van der Waals surface area contributed by atoms with Crippen LogP contribution in [0.15, 0.2) is 0 Å². The molecule has 0 aromatic heterocycles. The van der Waals surface area contributed by atoms with Crippen LogP contribution in [0.3, 0.4) is 0 Å². The first kappa shape index (κ1) is 14.1. The Hall–Kier alpha value is -0.360. The summed E-state index contributed by atoms with van der Waals surface area (Å²) in [5, 5.41) is 17.6. The number of carbonyl (C=O) groups is 2. The molecule has 2 N–H and O–H groups in total. The van der Waals surface area contributed by atoms with Crippen LogP contribution in [0.5, 0.6) is 0 Å². The number of rotatable bonds is 9. The highest BCUT2D eigenvalue weighted by Gasteiger charge is 2.46. The van der Waals surface area contributed by atoms with E-state index in [0.717, 1.165) is 37.2 Å². The molecule has 0 spiro atoms. The van der Waals surface area contributed by atoms with E-state index >= 15 is 0 Å². The largest absolute Gasteiger partial charge is 0.481 e. The van der Waals surface area contributed by atoms with Crippen LogP contribution in [-0.4, -0.2) is 33.7 Å². The summed E-state index contributed by atoms with van der Waals surface area (Å²) < 4.78 is 0. The van der Waals surface area contributed by atoms with Crippen molar-refractivity contribution in [2.24, 2.45) is 10.8 Å². The van der Waals surface area contributed by atoms with E-state index in [-0.39, 0.29) is 23.7 Å². The smallest absolute Gasteiger partial charge is 0.303 e. The van der Waals surface area contributed by atoms with Crippen LogP contribution in [0.25, 0.3) is 0 Å². The van der Waals surface area contributed by atoms with Gasteiger partial charge in [0.1, 0.15) is 0 Å². The molecule has 2 saturated carbocycles. The first-order valence-corrected chi connectivity index (χ1v) is 8.62. The molecule has 2 aliphatic rings. The number of carboxylic acids is 2. The van der Waals surface area contributed by atoms with Crippen molar-refractivity contribution >= 4 is 33.5 Å². The fourth-order valence-electron chi connectivity index (χ4n) is 2.07. The minimum atomic E-state index is -0.706. The van der Waals surface area contributed by atoms with Gasteiger partial charge in [-0.25, -0.2) is 0 Å². The Kier molecular flexibility index (Phi) is 4.16. The molecule has 0 aromatic carbocycles. The van der Waals surface area contributed by atoms with Crippen LogP contribution in [-0.2, 0) is 9.59 Å². The number of aliphatic carboxylic acids is 2. The molecule has 4 nitrogen and oxygen atoms in total. The van der Waals surface area contributed by atoms with Gasteiger partial charge in [-0.05, 0) is 36.5 Å². The van der Waals surface area contributed by atoms with Crippen molar-refractivity contribution in [1.29, 1.82) is 0 Å². The summed E-state index contributed by atoms with van der Waals surface area (Å²) in [7, 11) is 3.44. The highest BCUT2D eigenvalue weighted by atomic mass is 33.1. The van der Waals surface area contributed by atoms with Crippen molar-refractivity contribution in [3.63, 3.8) is 0 Å². The monoisotopic (exact) mass is 290 g/mol. The fourth-order valence-corrected chi connectivity index (χ4v) is 5.52. The Morgan fingerprint density at radius 3 is 1.39 bits per heavy atom. The van der Waals surface area contributed by atoms with E-state index in [1.54, 1.807) is 21.6 Å². The van der Waals surface area contributed by atoms with Crippen molar-refractivity contribution in [2.45, 2.75) is 38.5 Å². The summed E-state index contributed by atoms with van der Waals surface area (Å²) in [4.78, 5) is 21.4. The molecule has 0 saturated heterocycles. The van der Waals surface area contributed by atoms with Gasteiger partial charge in [-0.1, -0.05) is 21.6 Å². The molecule has 0 aliphatic heterocycles. The highest BCUT2D eigenvalue weighted by Crippen LogP contribution is 2.56. The van der Waals surface area contributed by atoms with Gasteiger partial charge in [0.05, 0.1) is 12.8 Å². The maximum Gasteiger partial charge on any atom is 0.303 e. The average molecular weight is 290 g/mol. The van der Waals surface area contributed by atoms with E-state index < -0.39 is 11.9 Å². The minimum absolute atomic E-state index is 0.0347. The van der Waals surface area contributed by atoms with Crippen LogP contribution >= 0.6 is 21.6 Å². The summed E-state index contributed by atoms with van der Waals surface area (Å²) in [6.45, 7) is 0. The molecule has 0 amide bonds. The second-order valence-corrected chi connectivity index (χ2v) is 8.13. The van der Waals surface area contributed by atoms with Crippen LogP contribution < -0.4 is 0 Å². The lowest BCUT2D eigenvalue weighted by molar-refractivity contribution is -0.139. The Labute approximate surface area is 114 Å². The Morgan fingerprint density at radius 2 is 1.17 bits per heavy atom. The van der Waals surface area contributed by atoms with E-state index in [2.05, 4.69) is 0 Å². The summed E-state index contributed by atoms with van der Waals surface area (Å²) in [5.74, 6) is 0.352. The van der Waals surface area contributed by atoms with Crippen molar-refractivity contribution in [1.82, 2.24) is 0 Å². The van der Waals surface area contributed by atoms with E-state index in [1.807, 2.05) is 0 Å². The third-order valence-electron chi connectivity index (χ3n) is 3.78. The second-order valence-electron chi connectivity index (χ2n) is 5.67. The summed E-state index contributed by atoms with van der Waals surface area (Å²) >= 11 is 0. The minimum Gasteiger partial charge on any atom is -0.481 e. The molecule has 0 heterocycles. The van der Waals surface area contributed by atoms with Gasteiger partial charge in [0.25, 0.3) is 0 Å². The molecule has 2 rings (SSSR count). The van der Waals surface area contributed by atoms with Gasteiger partial charge in [-0.2, -0.15) is 0 Å². The number of hydrogen-bond acceptors (Lipinski definition) is 4. The van der Waals surface area contributed by atoms with E-state index in [4.69, 9.17) is 10.2 Å². The third kappa shape index (κ3) is 4.09. The fraction of sp³-hybridized carbons (Fsp3) is 0.833. The van der Waals surface area contributed by atoms with Crippen LogP contribution in [0, 0.1) is 10.8 Å². The number of carboxylic acid groups (broad SMARTS) is 2. The van der Waals surface area contributed by atoms with E-state index in [1.165, 1.54) is 0 Å². The molecular weight excluding hydrogens is 272 g/mol. The zero-order valence-electron chi connectivity index (χ0n) is 10.2. The van der Waals surface area contributed by atoms with Gasteiger partial charge in [-0.3, -0.25) is 9.59 Å². The van der Waals surface area contributed by atoms with Gasteiger partial charge < -0.3 is 10.2 Å². The zero-order valence-corrected chi connectivity index (χ0v) is 11.8. The molecule has 2 fully saturated rings. The summed E-state index contributed by atoms with van der Waals surface area (Å²) in [6.07, 6.45) is 4.64. The predicted octanol–water partition coefficient (Wildman–Crippen LogP) is 2.88. The highest BCUT2D eigenvalue weighted by molar-refractivity contribution is 8.76. The standard InChI is InChI=1S/C12H18O4S2/c13-9(14)5-11(1-2-11)7-17-18-8-12(3-4-12)6-10(15)16/h1-8H2,(H,13,14)(H,15,16). The molecule has 18 heavy (non-hydrogen) atoms. The third-order valence-corrected chi connectivity index (χ3v) is 6.61. The second kappa shape index (κ2) is 5.33. The molecule has 0 radical (unpaired) electrons. The van der Waals surface area contributed by atoms with Gasteiger partial charge >= 0.3 is 11.9 Å². The predicted molar refractivity (Wildman–Crippen MR) is 72.8 cm³/mol. The first-order chi connectivity index (χ1) is 8.45. The Bertz CT molecular complexity index is 314. The van der Waals surface area contributed by atoms with Crippen molar-refractivity contribution in [3.05, 3.63) is 0 Å². The van der Waals surface area contributed by atoms with Crippen molar-refractivity contribution in [2.75, 3.05) is 11.5 Å². The maximum atomic E-state index is 10.7. The van der Waals surface area contributed by atoms with Crippen molar-refractivity contribution in [3.8, 4) is 0 Å².